The molecule has 2 fully saturated rings. The Morgan fingerprint density at radius 1 is 1.03 bits per heavy atom. The Bertz CT molecular complexity index is 1070. The molecule has 33 heavy (non-hydrogen) atoms. The lowest BCUT2D eigenvalue weighted by Gasteiger charge is -2.38. The fourth-order valence-corrected chi connectivity index (χ4v) is 4.49. The van der Waals surface area contributed by atoms with E-state index in [1.54, 1.807) is 18.3 Å². The molecule has 4 heterocycles. The lowest BCUT2D eigenvalue weighted by atomic mass is 9.90. The van der Waals surface area contributed by atoms with Gasteiger partial charge in [-0.15, -0.1) is 5.10 Å². The quantitative estimate of drug-likeness (QED) is 0.626. The van der Waals surface area contributed by atoms with Crippen LogP contribution in [0.2, 0.25) is 0 Å². The third-order valence-electron chi connectivity index (χ3n) is 6.51. The predicted molar refractivity (Wildman–Crippen MR) is 124 cm³/mol. The van der Waals surface area contributed by atoms with E-state index in [2.05, 4.69) is 27.6 Å². The van der Waals surface area contributed by atoms with Crippen molar-refractivity contribution >= 4 is 23.3 Å². The second-order valence-corrected chi connectivity index (χ2v) is 8.79. The Labute approximate surface area is 192 Å². The summed E-state index contributed by atoms with van der Waals surface area (Å²) in [5.41, 5.74) is 2.07. The molecular formula is C25H27N5O3. The molecule has 0 bridgehead atoms. The van der Waals surface area contributed by atoms with Crippen molar-refractivity contribution in [1.29, 1.82) is 0 Å². The molecule has 8 heteroatoms. The van der Waals surface area contributed by atoms with E-state index in [1.165, 1.54) is 11.8 Å². The molecule has 0 saturated carbocycles. The summed E-state index contributed by atoms with van der Waals surface area (Å²) in [5.74, 6) is 1.74. The number of benzene rings is 1. The number of hydrogen-bond acceptors (Lipinski definition) is 6. The fraction of sp³-hybridized carbons (Fsp3) is 0.360. The molecule has 1 aromatic carbocycles. The van der Waals surface area contributed by atoms with E-state index in [1.807, 2.05) is 34.1 Å². The number of piperidine rings is 1. The molecule has 170 valence electrons. The summed E-state index contributed by atoms with van der Waals surface area (Å²) in [4.78, 5) is 28.9. The van der Waals surface area contributed by atoms with Gasteiger partial charge in [0, 0.05) is 38.1 Å². The average Bonchev–Trinajstić information content (AvgIpc) is 3.35. The van der Waals surface area contributed by atoms with E-state index >= 15 is 0 Å². The summed E-state index contributed by atoms with van der Waals surface area (Å²) in [6, 6.07) is 15.3. The van der Waals surface area contributed by atoms with Gasteiger partial charge in [-0.05, 0) is 67.1 Å². The van der Waals surface area contributed by atoms with E-state index in [4.69, 9.17) is 4.42 Å². The maximum absolute atomic E-state index is 12.5. The maximum Gasteiger partial charge on any atom is 0.289 e. The summed E-state index contributed by atoms with van der Waals surface area (Å²) in [7, 11) is 0. The molecule has 2 amide bonds. The highest BCUT2D eigenvalue weighted by Gasteiger charge is 2.33. The Morgan fingerprint density at radius 3 is 2.48 bits per heavy atom. The number of aromatic nitrogens is 2. The molecule has 0 unspecified atom stereocenters. The van der Waals surface area contributed by atoms with Gasteiger partial charge in [-0.3, -0.25) is 9.59 Å². The summed E-state index contributed by atoms with van der Waals surface area (Å²) < 4.78 is 5.23. The number of nitrogens with one attached hydrogen (secondary N) is 1. The van der Waals surface area contributed by atoms with Crippen LogP contribution in [0.3, 0.4) is 0 Å². The molecule has 0 radical (unpaired) electrons. The second-order valence-electron chi connectivity index (χ2n) is 8.79. The van der Waals surface area contributed by atoms with Crippen molar-refractivity contribution in [2.45, 2.75) is 19.3 Å². The van der Waals surface area contributed by atoms with E-state index < -0.39 is 0 Å². The van der Waals surface area contributed by atoms with Crippen LogP contribution >= 0.6 is 0 Å². The Hall–Kier alpha value is -3.68. The highest BCUT2D eigenvalue weighted by Crippen LogP contribution is 2.25. The molecule has 5 rings (SSSR count). The number of rotatable bonds is 6. The van der Waals surface area contributed by atoms with Crippen LogP contribution < -0.4 is 10.2 Å². The zero-order valence-corrected chi connectivity index (χ0v) is 18.4. The lowest BCUT2D eigenvalue weighted by Crippen LogP contribution is -2.52. The van der Waals surface area contributed by atoms with Gasteiger partial charge >= 0.3 is 0 Å². The highest BCUT2D eigenvalue weighted by atomic mass is 16.3. The second kappa shape index (κ2) is 9.44. The molecule has 3 aromatic rings. The summed E-state index contributed by atoms with van der Waals surface area (Å²) >= 11 is 0. The number of amides is 2. The highest BCUT2D eigenvalue weighted by molar-refractivity contribution is 5.94. The standard InChI is InChI=1S/C25H27N5O3/c31-24(20-16-30(17-20)23-4-1-11-26-28-23)27-21-7-5-18(6-8-21)15-19-9-12-29(13-10-19)25(32)22-3-2-14-33-22/h1-8,11,14,19-20H,9-10,12-13,15-17H2,(H,27,31). The van der Waals surface area contributed by atoms with Gasteiger partial charge in [-0.25, -0.2) is 0 Å². The van der Waals surface area contributed by atoms with Crippen LogP contribution in [0.1, 0.15) is 29.0 Å². The van der Waals surface area contributed by atoms with Crippen molar-refractivity contribution in [3.63, 3.8) is 0 Å². The van der Waals surface area contributed by atoms with Gasteiger partial charge in [0.25, 0.3) is 5.91 Å². The number of hydrogen-bond donors (Lipinski definition) is 1. The fourth-order valence-electron chi connectivity index (χ4n) is 4.49. The third-order valence-corrected chi connectivity index (χ3v) is 6.51. The minimum absolute atomic E-state index is 0.0233. The maximum atomic E-state index is 12.5. The normalized spacial score (nSPS) is 17.0. The van der Waals surface area contributed by atoms with E-state index in [0.29, 0.717) is 24.8 Å². The minimum atomic E-state index is -0.0410. The van der Waals surface area contributed by atoms with Gasteiger partial charge in [-0.2, -0.15) is 5.10 Å². The molecule has 0 atom stereocenters. The van der Waals surface area contributed by atoms with Crippen molar-refractivity contribution in [3.8, 4) is 0 Å². The first-order chi connectivity index (χ1) is 16.2. The number of nitrogens with zero attached hydrogens (tertiary/aromatic N) is 4. The first-order valence-corrected chi connectivity index (χ1v) is 11.4. The van der Waals surface area contributed by atoms with Crippen molar-refractivity contribution in [3.05, 3.63) is 72.3 Å². The van der Waals surface area contributed by atoms with E-state index in [0.717, 1.165) is 43.9 Å². The third kappa shape index (κ3) is 4.89. The van der Waals surface area contributed by atoms with Crippen LogP contribution in [0, 0.1) is 11.8 Å². The van der Waals surface area contributed by atoms with Gasteiger partial charge in [-0.1, -0.05) is 12.1 Å². The van der Waals surface area contributed by atoms with Crippen LogP contribution in [0.5, 0.6) is 0 Å². The van der Waals surface area contributed by atoms with Crippen molar-refractivity contribution in [1.82, 2.24) is 15.1 Å². The number of carbonyl (C=O) groups excluding carboxylic acids is 2. The Morgan fingerprint density at radius 2 is 1.82 bits per heavy atom. The molecule has 0 aliphatic carbocycles. The molecule has 0 spiro atoms. The number of likely N-dealkylation sites (tertiary alicyclic amines) is 1. The minimum Gasteiger partial charge on any atom is -0.459 e. The van der Waals surface area contributed by atoms with E-state index in [9.17, 15) is 9.59 Å². The van der Waals surface area contributed by atoms with Gasteiger partial charge < -0.3 is 19.5 Å². The predicted octanol–water partition coefficient (Wildman–Crippen LogP) is 3.24. The van der Waals surface area contributed by atoms with Crippen molar-refractivity contribution < 1.29 is 14.0 Å². The van der Waals surface area contributed by atoms with Crippen LogP contribution in [-0.2, 0) is 11.2 Å². The first-order valence-electron chi connectivity index (χ1n) is 11.4. The van der Waals surface area contributed by atoms with Crippen molar-refractivity contribution in [2.75, 3.05) is 36.4 Å². The average molecular weight is 446 g/mol. The number of anilines is 2. The number of furan rings is 1. The zero-order chi connectivity index (χ0) is 22.6. The van der Waals surface area contributed by atoms with E-state index in [-0.39, 0.29) is 17.7 Å². The largest absolute Gasteiger partial charge is 0.459 e. The Kier molecular flexibility index (Phi) is 6.06. The zero-order valence-electron chi connectivity index (χ0n) is 18.4. The molecule has 2 aliphatic rings. The molecular weight excluding hydrogens is 418 g/mol. The molecule has 1 N–H and O–H groups in total. The molecule has 2 aliphatic heterocycles. The van der Waals surface area contributed by atoms with Crippen LogP contribution in [0.25, 0.3) is 0 Å². The van der Waals surface area contributed by atoms with Gasteiger partial charge in [0.05, 0.1) is 12.2 Å². The summed E-state index contributed by atoms with van der Waals surface area (Å²) in [6.45, 7) is 2.82. The van der Waals surface area contributed by atoms with Gasteiger partial charge in [0.1, 0.15) is 0 Å². The summed E-state index contributed by atoms with van der Waals surface area (Å²) in [5, 5.41) is 11.0. The molecule has 2 saturated heterocycles. The topological polar surface area (TPSA) is 91.6 Å². The molecule has 2 aromatic heterocycles. The SMILES string of the molecule is O=C(Nc1ccc(CC2CCN(C(=O)c3ccco3)CC2)cc1)C1CN(c2cccnn2)C1. The molecule has 8 nitrogen and oxygen atoms in total. The van der Waals surface area contributed by atoms with Crippen LogP contribution in [0.15, 0.2) is 65.4 Å². The Balaban J connectivity index is 1.06. The number of carbonyl (C=O) groups is 2. The van der Waals surface area contributed by atoms with Crippen molar-refractivity contribution in [2.24, 2.45) is 11.8 Å². The smallest absolute Gasteiger partial charge is 0.289 e. The van der Waals surface area contributed by atoms with Crippen LogP contribution in [-0.4, -0.2) is 53.1 Å². The van der Waals surface area contributed by atoms with Crippen LogP contribution in [0.4, 0.5) is 11.5 Å². The summed E-state index contributed by atoms with van der Waals surface area (Å²) in [6.07, 6.45) is 6.12. The van der Waals surface area contributed by atoms with Gasteiger partial charge in [0.2, 0.25) is 5.91 Å². The van der Waals surface area contributed by atoms with Gasteiger partial charge in [0.15, 0.2) is 11.6 Å². The monoisotopic (exact) mass is 445 g/mol. The first kappa shape index (κ1) is 21.2. The lowest BCUT2D eigenvalue weighted by molar-refractivity contribution is -0.120.